The molecular weight excluding hydrogens is 286 g/mol. The van der Waals surface area contributed by atoms with E-state index in [1.54, 1.807) is 12.3 Å². The third-order valence-corrected chi connectivity index (χ3v) is 4.04. The molecule has 3 aromatic rings. The van der Waals surface area contributed by atoms with Crippen LogP contribution < -0.4 is 16.0 Å². The molecular formula is C15H13N3O2S. The maximum Gasteiger partial charge on any atom is 0.275 e. The van der Waals surface area contributed by atoms with E-state index in [2.05, 4.69) is 10.4 Å². The molecule has 2 heterocycles. The Morgan fingerprint density at radius 1 is 1.24 bits per heavy atom. The lowest BCUT2D eigenvalue weighted by Gasteiger charge is -2.07. The summed E-state index contributed by atoms with van der Waals surface area (Å²) in [7, 11) is 0. The Hall–Kier alpha value is -2.44. The summed E-state index contributed by atoms with van der Waals surface area (Å²) in [6.07, 6.45) is 1.74. The van der Waals surface area contributed by atoms with Crippen molar-refractivity contribution in [2.24, 2.45) is 5.84 Å². The van der Waals surface area contributed by atoms with E-state index >= 15 is 0 Å². The van der Waals surface area contributed by atoms with Crippen LogP contribution in [0.15, 0.2) is 48.7 Å². The average molecular weight is 299 g/mol. The second-order valence-corrected chi connectivity index (χ2v) is 5.53. The fourth-order valence-corrected chi connectivity index (χ4v) is 2.81. The second kappa shape index (κ2) is 5.90. The molecule has 0 atom stereocenters. The minimum atomic E-state index is -0.293. The lowest BCUT2D eigenvalue weighted by Crippen LogP contribution is -2.29. The number of hydrogen-bond acceptors (Lipinski definition) is 5. The largest absolute Gasteiger partial charge is 0.486 e. The van der Waals surface area contributed by atoms with Crippen LogP contribution in [0.5, 0.6) is 5.75 Å². The van der Waals surface area contributed by atoms with Gasteiger partial charge in [0.25, 0.3) is 5.91 Å². The Balaban J connectivity index is 1.77. The number of para-hydroxylation sites is 1. The highest BCUT2D eigenvalue weighted by atomic mass is 32.1. The van der Waals surface area contributed by atoms with Crippen LogP contribution in [-0.4, -0.2) is 10.9 Å². The van der Waals surface area contributed by atoms with Gasteiger partial charge in [0, 0.05) is 16.5 Å². The van der Waals surface area contributed by atoms with E-state index in [0.717, 1.165) is 21.5 Å². The Kier molecular flexibility index (Phi) is 3.81. The van der Waals surface area contributed by atoms with Gasteiger partial charge < -0.3 is 4.74 Å². The number of amides is 1. The highest BCUT2D eigenvalue weighted by Gasteiger charge is 2.09. The standard InChI is InChI=1S/C15H13N3O2S/c16-18-15(19)13-7-6-11(21-13)9-20-12-5-1-3-10-4-2-8-17-14(10)12/h1-8H,9,16H2,(H,18,19). The number of rotatable bonds is 4. The van der Waals surface area contributed by atoms with E-state index < -0.39 is 0 Å². The topological polar surface area (TPSA) is 77.2 Å². The first-order valence-electron chi connectivity index (χ1n) is 6.34. The van der Waals surface area contributed by atoms with Crippen LogP contribution in [0.2, 0.25) is 0 Å². The van der Waals surface area contributed by atoms with Crippen LogP contribution in [0, 0.1) is 0 Å². The predicted octanol–water partition coefficient (Wildman–Crippen LogP) is 2.48. The lowest BCUT2D eigenvalue weighted by molar-refractivity contribution is 0.0957. The molecule has 0 fully saturated rings. The predicted molar refractivity (Wildman–Crippen MR) is 82.0 cm³/mol. The molecule has 1 amide bonds. The molecule has 106 valence electrons. The first-order valence-corrected chi connectivity index (χ1v) is 7.16. The number of hydrazine groups is 1. The van der Waals surface area contributed by atoms with Gasteiger partial charge in [-0.05, 0) is 24.3 Å². The van der Waals surface area contributed by atoms with Crippen molar-refractivity contribution >= 4 is 28.1 Å². The molecule has 1 aromatic carbocycles. The second-order valence-electron chi connectivity index (χ2n) is 4.36. The van der Waals surface area contributed by atoms with E-state index in [9.17, 15) is 4.79 Å². The quantitative estimate of drug-likeness (QED) is 0.441. The monoisotopic (exact) mass is 299 g/mol. The van der Waals surface area contributed by atoms with Crippen LogP contribution in [0.1, 0.15) is 14.5 Å². The molecule has 0 saturated carbocycles. The van der Waals surface area contributed by atoms with Crippen molar-refractivity contribution < 1.29 is 9.53 Å². The number of nitrogens with one attached hydrogen (secondary N) is 1. The molecule has 0 spiro atoms. The first kappa shape index (κ1) is 13.5. The van der Waals surface area contributed by atoms with Gasteiger partial charge in [0.1, 0.15) is 17.9 Å². The van der Waals surface area contributed by atoms with Gasteiger partial charge in [-0.3, -0.25) is 15.2 Å². The number of pyridine rings is 1. The molecule has 2 aromatic heterocycles. The van der Waals surface area contributed by atoms with Crippen molar-refractivity contribution in [3.8, 4) is 5.75 Å². The van der Waals surface area contributed by atoms with Crippen molar-refractivity contribution in [3.63, 3.8) is 0 Å². The fourth-order valence-electron chi connectivity index (χ4n) is 1.99. The number of hydrogen-bond donors (Lipinski definition) is 2. The van der Waals surface area contributed by atoms with Gasteiger partial charge in [0.2, 0.25) is 0 Å². The Labute approximate surface area is 125 Å². The van der Waals surface area contributed by atoms with E-state index in [-0.39, 0.29) is 5.91 Å². The van der Waals surface area contributed by atoms with Crippen molar-refractivity contribution in [2.75, 3.05) is 0 Å². The summed E-state index contributed by atoms with van der Waals surface area (Å²) in [6, 6.07) is 13.3. The number of aromatic nitrogens is 1. The van der Waals surface area contributed by atoms with Gasteiger partial charge in [0.05, 0.1) is 4.88 Å². The van der Waals surface area contributed by atoms with E-state index in [1.807, 2.05) is 36.4 Å². The number of carbonyl (C=O) groups excluding carboxylic acids is 1. The van der Waals surface area contributed by atoms with Gasteiger partial charge >= 0.3 is 0 Å². The summed E-state index contributed by atoms with van der Waals surface area (Å²) in [5.74, 6) is 5.54. The fraction of sp³-hybridized carbons (Fsp3) is 0.0667. The van der Waals surface area contributed by atoms with E-state index in [4.69, 9.17) is 10.6 Å². The molecule has 0 bridgehead atoms. The van der Waals surface area contributed by atoms with Gasteiger partial charge in [-0.25, -0.2) is 5.84 Å². The minimum Gasteiger partial charge on any atom is -0.486 e. The number of nitrogen functional groups attached to an aromatic ring is 1. The summed E-state index contributed by atoms with van der Waals surface area (Å²) in [6.45, 7) is 0.387. The van der Waals surface area contributed by atoms with Crippen LogP contribution >= 0.6 is 11.3 Å². The van der Waals surface area contributed by atoms with Crippen LogP contribution in [0.3, 0.4) is 0 Å². The zero-order valence-electron chi connectivity index (χ0n) is 11.1. The normalized spacial score (nSPS) is 10.5. The molecule has 0 aliphatic rings. The summed E-state index contributed by atoms with van der Waals surface area (Å²) in [5.41, 5.74) is 2.94. The smallest absolute Gasteiger partial charge is 0.275 e. The molecule has 6 heteroatoms. The minimum absolute atomic E-state index is 0.293. The maximum absolute atomic E-state index is 11.4. The third kappa shape index (κ3) is 2.86. The van der Waals surface area contributed by atoms with Crippen molar-refractivity contribution in [1.29, 1.82) is 0 Å². The highest BCUT2D eigenvalue weighted by Crippen LogP contribution is 2.25. The summed E-state index contributed by atoms with van der Waals surface area (Å²) >= 11 is 1.35. The molecule has 21 heavy (non-hydrogen) atoms. The van der Waals surface area contributed by atoms with Gasteiger partial charge in [-0.1, -0.05) is 18.2 Å². The molecule has 3 N–H and O–H groups in total. The molecule has 0 radical (unpaired) electrons. The number of nitrogens with two attached hydrogens (primary N) is 1. The van der Waals surface area contributed by atoms with E-state index in [0.29, 0.717) is 11.5 Å². The zero-order valence-corrected chi connectivity index (χ0v) is 11.9. The third-order valence-electron chi connectivity index (χ3n) is 2.98. The average Bonchev–Trinajstić information content (AvgIpc) is 3.01. The number of carbonyl (C=O) groups is 1. The lowest BCUT2D eigenvalue weighted by atomic mass is 10.2. The Morgan fingerprint density at radius 3 is 2.95 bits per heavy atom. The first-order chi connectivity index (χ1) is 10.3. The number of thiophene rings is 1. The van der Waals surface area contributed by atoms with Crippen molar-refractivity contribution in [3.05, 3.63) is 58.4 Å². The van der Waals surface area contributed by atoms with Gasteiger partial charge in [-0.15, -0.1) is 11.3 Å². The number of nitrogens with zero attached hydrogens (tertiary/aromatic N) is 1. The Morgan fingerprint density at radius 2 is 2.10 bits per heavy atom. The van der Waals surface area contributed by atoms with Crippen LogP contribution in [0.25, 0.3) is 10.9 Å². The Bertz CT molecular complexity index is 780. The maximum atomic E-state index is 11.4. The number of benzene rings is 1. The molecule has 0 aliphatic heterocycles. The SMILES string of the molecule is NNC(=O)c1ccc(COc2cccc3cccnc23)s1. The van der Waals surface area contributed by atoms with E-state index in [1.165, 1.54) is 11.3 Å². The van der Waals surface area contributed by atoms with Gasteiger partial charge in [-0.2, -0.15) is 0 Å². The molecule has 0 unspecified atom stereocenters. The zero-order chi connectivity index (χ0) is 14.7. The van der Waals surface area contributed by atoms with Crippen LogP contribution in [-0.2, 0) is 6.61 Å². The van der Waals surface area contributed by atoms with Crippen molar-refractivity contribution in [2.45, 2.75) is 6.61 Å². The molecule has 3 rings (SSSR count). The molecule has 0 aliphatic carbocycles. The van der Waals surface area contributed by atoms with Crippen LogP contribution in [0.4, 0.5) is 0 Å². The molecule has 5 nitrogen and oxygen atoms in total. The summed E-state index contributed by atoms with van der Waals surface area (Å²) < 4.78 is 5.82. The van der Waals surface area contributed by atoms with Gasteiger partial charge in [0.15, 0.2) is 0 Å². The number of ether oxygens (including phenoxy) is 1. The highest BCUT2D eigenvalue weighted by molar-refractivity contribution is 7.14. The summed E-state index contributed by atoms with van der Waals surface area (Å²) in [5, 5.41) is 1.03. The summed E-state index contributed by atoms with van der Waals surface area (Å²) in [4.78, 5) is 17.2. The molecule has 0 saturated heterocycles. The van der Waals surface area contributed by atoms with Crippen molar-refractivity contribution in [1.82, 2.24) is 10.4 Å². The number of fused-ring (bicyclic) bond motifs is 1.